The number of nitrogens with zero attached hydrogens (tertiary/aromatic N) is 1. The van der Waals surface area contributed by atoms with Crippen LogP contribution in [0.3, 0.4) is 0 Å². The van der Waals surface area contributed by atoms with Gasteiger partial charge in [-0.2, -0.15) is 0 Å². The third kappa shape index (κ3) is 5.23. The molecule has 0 aliphatic carbocycles. The number of hydrogen-bond donors (Lipinski definition) is 2. The van der Waals surface area contributed by atoms with Gasteiger partial charge in [0.1, 0.15) is 0 Å². The Morgan fingerprint density at radius 2 is 2.00 bits per heavy atom. The van der Waals surface area contributed by atoms with Gasteiger partial charge in [0.15, 0.2) is 0 Å². The van der Waals surface area contributed by atoms with Gasteiger partial charge in [-0.05, 0) is 51.2 Å². The van der Waals surface area contributed by atoms with Crippen LogP contribution in [-0.2, 0) is 4.79 Å². The molecule has 0 aromatic heterocycles. The van der Waals surface area contributed by atoms with Crippen LogP contribution in [0, 0.1) is 11.8 Å². The number of amides is 1. The Labute approximate surface area is 129 Å². The molecule has 4 nitrogen and oxygen atoms in total. The fourth-order valence-corrected chi connectivity index (χ4v) is 3.28. The van der Waals surface area contributed by atoms with Gasteiger partial charge in [-0.25, -0.2) is 0 Å². The van der Waals surface area contributed by atoms with Crippen LogP contribution in [0.15, 0.2) is 0 Å². The Kier molecular flexibility index (Phi) is 7.85. The summed E-state index contributed by atoms with van der Waals surface area (Å²) in [7, 11) is 0. The minimum Gasteiger partial charge on any atom is -0.354 e. The van der Waals surface area contributed by atoms with E-state index in [1.807, 2.05) is 0 Å². The minimum absolute atomic E-state index is 0. The van der Waals surface area contributed by atoms with Crippen LogP contribution in [0.25, 0.3) is 0 Å². The Hall–Kier alpha value is -0.320. The monoisotopic (exact) mass is 303 g/mol. The summed E-state index contributed by atoms with van der Waals surface area (Å²) in [4.78, 5) is 14.7. The van der Waals surface area contributed by atoms with Crippen molar-refractivity contribution in [1.82, 2.24) is 15.5 Å². The molecule has 0 saturated carbocycles. The van der Waals surface area contributed by atoms with Gasteiger partial charge >= 0.3 is 0 Å². The molecule has 2 aliphatic rings. The third-order valence-electron chi connectivity index (χ3n) is 4.32. The van der Waals surface area contributed by atoms with Gasteiger partial charge in [-0.3, -0.25) is 9.69 Å². The van der Waals surface area contributed by atoms with Gasteiger partial charge in [0.05, 0.1) is 0 Å². The molecule has 1 atom stereocenters. The van der Waals surface area contributed by atoms with E-state index in [4.69, 9.17) is 0 Å². The lowest BCUT2D eigenvalue weighted by Crippen LogP contribution is -2.44. The van der Waals surface area contributed by atoms with Crippen molar-refractivity contribution in [2.45, 2.75) is 45.6 Å². The highest BCUT2D eigenvalue weighted by Gasteiger charge is 2.27. The fraction of sp³-hybridized carbons (Fsp3) is 0.933. The highest BCUT2D eigenvalue weighted by atomic mass is 35.5. The van der Waals surface area contributed by atoms with Crippen molar-refractivity contribution in [3.8, 4) is 0 Å². The van der Waals surface area contributed by atoms with Crippen molar-refractivity contribution >= 4 is 18.3 Å². The van der Waals surface area contributed by atoms with Crippen LogP contribution in [0.1, 0.15) is 39.5 Å². The molecule has 0 unspecified atom stereocenters. The summed E-state index contributed by atoms with van der Waals surface area (Å²) in [6.07, 6.45) is 4.50. The van der Waals surface area contributed by atoms with Crippen molar-refractivity contribution in [3.05, 3.63) is 0 Å². The van der Waals surface area contributed by atoms with E-state index in [9.17, 15) is 4.79 Å². The third-order valence-corrected chi connectivity index (χ3v) is 4.32. The fourth-order valence-electron chi connectivity index (χ4n) is 3.28. The molecular weight excluding hydrogens is 274 g/mol. The lowest BCUT2D eigenvalue weighted by atomic mass is 9.97. The van der Waals surface area contributed by atoms with Crippen LogP contribution < -0.4 is 10.6 Å². The first-order valence-corrected chi connectivity index (χ1v) is 7.89. The smallest absolute Gasteiger partial charge is 0.223 e. The van der Waals surface area contributed by atoms with E-state index in [-0.39, 0.29) is 24.2 Å². The Morgan fingerprint density at radius 1 is 1.30 bits per heavy atom. The first-order valence-electron chi connectivity index (χ1n) is 7.89. The number of nitrogens with one attached hydrogen (secondary N) is 2. The Bertz CT molecular complexity index is 293. The molecule has 0 aromatic carbocycles. The average molecular weight is 304 g/mol. The molecule has 2 aliphatic heterocycles. The number of carbonyl (C=O) groups excluding carboxylic acids is 1. The van der Waals surface area contributed by atoms with Gasteiger partial charge in [0.25, 0.3) is 0 Å². The zero-order valence-corrected chi connectivity index (χ0v) is 13.7. The molecule has 1 amide bonds. The van der Waals surface area contributed by atoms with Gasteiger partial charge in [0, 0.05) is 25.0 Å². The van der Waals surface area contributed by atoms with Crippen molar-refractivity contribution in [1.29, 1.82) is 0 Å². The summed E-state index contributed by atoms with van der Waals surface area (Å²) in [6.45, 7) is 9.71. The normalized spacial score (nSPS) is 24.6. The van der Waals surface area contributed by atoms with Gasteiger partial charge in [-0.15, -0.1) is 12.4 Å². The molecule has 0 bridgehead atoms. The Balaban J connectivity index is 0.00000200. The number of carbonyl (C=O) groups is 1. The molecule has 2 N–H and O–H groups in total. The first-order chi connectivity index (χ1) is 9.16. The zero-order chi connectivity index (χ0) is 13.7. The van der Waals surface area contributed by atoms with E-state index in [0.717, 1.165) is 39.0 Å². The second-order valence-corrected chi connectivity index (χ2v) is 6.45. The summed E-state index contributed by atoms with van der Waals surface area (Å²) in [6, 6.07) is 0.563. The minimum atomic E-state index is 0. The largest absolute Gasteiger partial charge is 0.354 e. The molecule has 2 rings (SSSR count). The summed E-state index contributed by atoms with van der Waals surface area (Å²) in [5, 5.41) is 6.50. The van der Waals surface area contributed by atoms with Crippen LogP contribution in [-0.4, -0.2) is 49.6 Å². The molecule has 5 heteroatoms. The molecule has 118 valence electrons. The van der Waals surface area contributed by atoms with E-state index in [2.05, 4.69) is 29.4 Å². The summed E-state index contributed by atoms with van der Waals surface area (Å²) >= 11 is 0. The molecule has 0 aromatic rings. The molecule has 0 radical (unpaired) electrons. The second-order valence-electron chi connectivity index (χ2n) is 6.45. The van der Waals surface area contributed by atoms with Crippen molar-refractivity contribution < 1.29 is 4.79 Å². The predicted molar refractivity (Wildman–Crippen MR) is 85.3 cm³/mol. The quantitative estimate of drug-likeness (QED) is 0.812. The van der Waals surface area contributed by atoms with Crippen LogP contribution in [0.4, 0.5) is 0 Å². The number of hydrogen-bond acceptors (Lipinski definition) is 3. The number of likely N-dealkylation sites (tertiary alicyclic amines) is 1. The van der Waals surface area contributed by atoms with E-state index in [0.29, 0.717) is 12.0 Å². The molecular formula is C15H30ClN3O. The first kappa shape index (κ1) is 17.7. The second kappa shape index (κ2) is 8.85. The topological polar surface area (TPSA) is 44.4 Å². The van der Waals surface area contributed by atoms with Gasteiger partial charge in [-0.1, -0.05) is 13.8 Å². The summed E-state index contributed by atoms with van der Waals surface area (Å²) in [5.41, 5.74) is 0. The van der Waals surface area contributed by atoms with Crippen LogP contribution in [0.5, 0.6) is 0 Å². The van der Waals surface area contributed by atoms with E-state index in [1.165, 1.54) is 19.4 Å². The van der Waals surface area contributed by atoms with E-state index >= 15 is 0 Å². The van der Waals surface area contributed by atoms with Crippen molar-refractivity contribution in [3.63, 3.8) is 0 Å². The lowest BCUT2D eigenvalue weighted by molar-refractivity contribution is -0.125. The SMILES string of the molecule is CC(C)CN1CCC[C@@H]1CNC(=O)C1CCNCC1.Cl. The highest BCUT2D eigenvalue weighted by molar-refractivity contribution is 5.85. The summed E-state index contributed by atoms with van der Waals surface area (Å²) in [5.74, 6) is 1.22. The number of rotatable bonds is 5. The van der Waals surface area contributed by atoms with Gasteiger partial charge in [0.2, 0.25) is 5.91 Å². The van der Waals surface area contributed by atoms with Crippen molar-refractivity contribution in [2.75, 3.05) is 32.7 Å². The molecule has 0 spiro atoms. The maximum atomic E-state index is 12.1. The maximum Gasteiger partial charge on any atom is 0.223 e. The Morgan fingerprint density at radius 3 is 2.65 bits per heavy atom. The van der Waals surface area contributed by atoms with E-state index < -0.39 is 0 Å². The maximum absolute atomic E-state index is 12.1. The number of halogens is 1. The molecule has 2 saturated heterocycles. The van der Waals surface area contributed by atoms with E-state index in [1.54, 1.807) is 0 Å². The van der Waals surface area contributed by atoms with Crippen LogP contribution in [0.2, 0.25) is 0 Å². The highest BCUT2D eigenvalue weighted by Crippen LogP contribution is 2.18. The number of piperidine rings is 1. The zero-order valence-electron chi connectivity index (χ0n) is 12.9. The van der Waals surface area contributed by atoms with Crippen molar-refractivity contribution in [2.24, 2.45) is 11.8 Å². The van der Waals surface area contributed by atoms with Crippen LogP contribution >= 0.6 is 12.4 Å². The van der Waals surface area contributed by atoms with Gasteiger partial charge < -0.3 is 10.6 Å². The molecule has 2 fully saturated rings. The molecule has 20 heavy (non-hydrogen) atoms. The summed E-state index contributed by atoms with van der Waals surface area (Å²) < 4.78 is 0. The lowest BCUT2D eigenvalue weighted by Gasteiger charge is -2.28. The average Bonchev–Trinajstić information content (AvgIpc) is 2.83. The molecule has 2 heterocycles. The predicted octanol–water partition coefficient (Wildman–Crippen LogP) is 1.64. The standard InChI is InChI=1S/C15H29N3O.ClH/c1-12(2)11-18-9-3-4-14(18)10-17-15(19)13-5-7-16-8-6-13;/h12-14,16H,3-11H2,1-2H3,(H,17,19);1H/t14-;/m1./s1.